The van der Waals surface area contributed by atoms with Gasteiger partial charge in [-0.25, -0.2) is 4.98 Å². The summed E-state index contributed by atoms with van der Waals surface area (Å²) < 4.78 is 0. The van der Waals surface area contributed by atoms with Crippen LogP contribution in [0.1, 0.15) is 50.4 Å². The second-order valence-corrected chi connectivity index (χ2v) is 8.16. The van der Waals surface area contributed by atoms with Crippen molar-refractivity contribution < 1.29 is 0 Å². The van der Waals surface area contributed by atoms with Gasteiger partial charge in [0.2, 0.25) is 5.95 Å². The van der Waals surface area contributed by atoms with Crippen LogP contribution in [-0.2, 0) is 0 Å². The first-order chi connectivity index (χ1) is 15.1. The van der Waals surface area contributed by atoms with Crippen molar-refractivity contribution in [3.05, 3.63) is 23.5 Å². The Morgan fingerprint density at radius 1 is 1.35 bits per heavy atom. The van der Waals surface area contributed by atoms with E-state index in [0.29, 0.717) is 36.3 Å². The standard InChI is InChI=1S/C22H29N9/c1-4-6-18-19(24-3)13-20(28-22-25-14(2)29-30-22)27-21(18)26-15-11-16-7-8-17(12-15)31(16)10-5-9-23/h4,6,13,15-17H,3,5,7-8,10-12H2,1-2H3,(H3,25,26,27,28,29,30)/b6-4-/t15-,16-,17+. The number of allylic oxidation sites excluding steroid dienone is 1. The van der Waals surface area contributed by atoms with Gasteiger partial charge in [0.05, 0.1) is 11.8 Å². The first kappa shape index (κ1) is 21.0. The number of aromatic amines is 1. The van der Waals surface area contributed by atoms with Crippen molar-refractivity contribution in [2.45, 2.75) is 64.1 Å². The number of aromatic nitrogens is 4. The van der Waals surface area contributed by atoms with E-state index in [1.165, 1.54) is 12.8 Å². The van der Waals surface area contributed by atoms with E-state index in [1.54, 1.807) is 0 Å². The van der Waals surface area contributed by atoms with Crippen LogP contribution >= 0.6 is 0 Å². The zero-order valence-corrected chi connectivity index (χ0v) is 18.1. The Balaban J connectivity index is 1.57. The van der Waals surface area contributed by atoms with Gasteiger partial charge in [0.1, 0.15) is 17.5 Å². The van der Waals surface area contributed by atoms with Crippen LogP contribution in [0.2, 0.25) is 0 Å². The molecule has 3 atom stereocenters. The maximum absolute atomic E-state index is 8.97. The third kappa shape index (κ3) is 4.59. The van der Waals surface area contributed by atoms with Gasteiger partial charge in [-0.2, -0.15) is 10.2 Å². The molecule has 9 nitrogen and oxygen atoms in total. The molecule has 0 unspecified atom stereocenters. The molecule has 3 N–H and O–H groups in total. The summed E-state index contributed by atoms with van der Waals surface area (Å²) in [6, 6.07) is 5.53. The average molecular weight is 420 g/mol. The first-order valence-corrected chi connectivity index (χ1v) is 10.8. The van der Waals surface area contributed by atoms with E-state index >= 15 is 0 Å². The molecule has 2 aromatic heterocycles. The minimum Gasteiger partial charge on any atom is -0.367 e. The highest BCUT2D eigenvalue weighted by Gasteiger charge is 2.40. The Bertz CT molecular complexity index is 989. The molecule has 0 radical (unpaired) electrons. The molecule has 0 amide bonds. The topological polar surface area (TPSA) is 118 Å². The SMILES string of the molecule is C=Nc1cc(Nc2n[nH]c(C)n2)nc(N[C@@H]2C[C@H]3CC[C@@H](C2)N3CCC#N)c1/C=C\C. The van der Waals surface area contributed by atoms with E-state index in [4.69, 9.17) is 10.2 Å². The Kier molecular flexibility index (Phi) is 6.28. The summed E-state index contributed by atoms with van der Waals surface area (Å²) in [6.07, 6.45) is 9.10. The van der Waals surface area contributed by atoms with Crippen molar-refractivity contribution >= 4 is 36.1 Å². The fourth-order valence-corrected chi connectivity index (χ4v) is 4.82. The maximum atomic E-state index is 8.97. The van der Waals surface area contributed by atoms with Crippen LogP contribution in [0.15, 0.2) is 17.1 Å². The molecule has 2 aliphatic heterocycles. The molecule has 9 heteroatoms. The Morgan fingerprint density at radius 2 is 2.13 bits per heavy atom. The number of nitrogens with zero attached hydrogens (tertiary/aromatic N) is 6. The van der Waals surface area contributed by atoms with Gasteiger partial charge in [-0.15, -0.1) is 5.10 Å². The number of aliphatic imine (C=N–C) groups is 1. The summed E-state index contributed by atoms with van der Waals surface area (Å²) in [4.78, 5) is 15.9. The van der Waals surface area contributed by atoms with E-state index in [0.717, 1.165) is 42.3 Å². The van der Waals surface area contributed by atoms with E-state index < -0.39 is 0 Å². The number of nitriles is 1. The monoisotopic (exact) mass is 419 g/mol. The normalized spacial score (nSPS) is 23.1. The van der Waals surface area contributed by atoms with Crippen LogP contribution in [-0.4, -0.2) is 56.5 Å². The van der Waals surface area contributed by atoms with E-state index in [1.807, 2.05) is 32.1 Å². The summed E-state index contributed by atoms with van der Waals surface area (Å²) >= 11 is 0. The molecule has 4 heterocycles. The molecular weight excluding hydrogens is 390 g/mol. The van der Waals surface area contributed by atoms with Gasteiger partial charge < -0.3 is 10.6 Å². The zero-order valence-electron chi connectivity index (χ0n) is 18.1. The highest BCUT2D eigenvalue weighted by Crippen LogP contribution is 2.38. The fourth-order valence-electron chi connectivity index (χ4n) is 4.82. The molecule has 2 aliphatic rings. The number of hydrogen-bond acceptors (Lipinski definition) is 8. The molecule has 31 heavy (non-hydrogen) atoms. The van der Waals surface area contributed by atoms with Crippen molar-refractivity contribution in [2.24, 2.45) is 4.99 Å². The maximum Gasteiger partial charge on any atom is 0.247 e. The Labute approximate surface area is 182 Å². The Morgan fingerprint density at radius 3 is 2.74 bits per heavy atom. The van der Waals surface area contributed by atoms with Crippen molar-refractivity contribution in [1.82, 2.24) is 25.1 Å². The van der Waals surface area contributed by atoms with Crippen LogP contribution < -0.4 is 10.6 Å². The highest BCUT2D eigenvalue weighted by molar-refractivity contribution is 5.78. The number of piperidine rings is 1. The molecule has 0 spiro atoms. The zero-order chi connectivity index (χ0) is 21.8. The van der Waals surface area contributed by atoms with Gasteiger partial charge in [0.25, 0.3) is 0 Å². The lowest BCUT2D eigenvalue weighted by Gasteiger charge is -2.39. The van der Waals surface area contributed by atoms with Crippen LogP contribution in [0.25, 0.3) is 6.08 Å². The lowest BCUT2D eigenvalue weighted by atomic mass is 9.96. The third-order valence-corrected chi connectivity index (χ3v) is 6.08. The number of anilines is 3. The number of nitrogens with one attached hydrogen (secondary N) is 3. The van der Waals surface area contributed by atoms with E-state index in [9.17, 15) is 0 Å². The van der Waals surface area contributed by atoms with E-state index in [2.05, 4.69) is 48.5 Å². The van der Waals surface area contributed by atoms with Crippen LogP contribution in [0.4, 0.5) is 23.3 Å². The number of hydrogen-bond donors (Lipinski definition) is 3. The molecule has 162 valence electrons. The quantitative estimate of drug-likeness (QED) is 0.555. The lowest BCUT2D eigenvalue weighted by Crippen LogP contribution is -2.47. The molecule has 2 bridgehead atoms. The van der Waals surface area contributed by atoms with E-state index in [-0.39, 0.29) is 0 Å². The number of fused-ring (bicyclic) bond motifs is 2. The molecule has 0 aromatic carbocycles. The molecule has 2 saturated heterocycles. The van der Waals surface area contributed by atoms with Gasteiger partial charge >= 0.3 is 0 Å². The highest BCUT2D eigenvalue weighted by atomic mass is 15.3. The summed E-state index contributed by atoms with van der Waals surface area (Å²) in [5, 5.41) is 22.8. The molecular formula is C22H29N9. The summed E-state index contributed by atoms with van der Waals surface area (Å²) in [5.74, 6) is 2.60. The second kappa shape index (κ2) is 9.27. The summed E-state index contributed by atoms with van der Waals surface area (Å²) in [7, 11) is 0. The molecule has 0 saturated carbocycles. The lowest BCUT2D eigenvalue weighted by molar-refractivity contribution is 0.135. The van der Waals surface area contributed by atoms with Crippen molar-refractivity contribution in [3.8, 4) is 6.07 Å². The van der Waals surface area contributed by atoms with Gasteiger partial charge in [0, 0.05) is 42.7 Å². The van der Waals surface area contributed by atoms with Crippen LogP contribution in [0, 0.1) is 18.3 Å². The molecule has 0 aliphatic carbocycles. The van der Waals surface area contributed by atoms with Crippen molar-refractivity contribution in [2.75, 3.05) is 17.2 Å². The van der Waals surface area contributed by atoms with Gasteiger partial charge in [-0.05, 0) is 46.2 Å². The first-order valence-electron chi connectivity index (χ1n) is 10.8. The van der Waals surface area contributed by atoms with Crippen molar-refractivity contribution in [3.63, 3.8) is 0 Å². The largest absolute Gasteiger partial charge is 0.367 e. The average Bonchev–Trinajstić information content (AvgIpc) is 3.26. The number of pyridine rings is 1. The fraction of sp³-hybridized carbons (Fsp3) is 0.500. The van der Waals surface area contributed by atoms with Gasteiger partial charge in [-0.1, -0.05) is 12.2 Å². The number of H-pyrrole nitrogens is 1. The van der Waals surface area contributed by atoms with Crippen molar-refractivity contribution in [1.29, 1.82) is 5.26 Å². The Hall–Kier alpha value is -3.25. The van der Waals surface area contributed by atoms with Crippen LogP contribution in [0.3, 0.4) is 0 Å². The number of aryl methyl sites for hydroxylation is 1. The molecule has 4 rings (SSSR count). The summed E-state index contributed by atoms with van der Waals surface area (Å²) in [5.41, 5.74) is 1.67. The van der Waals surface area contributed by atoms with Gasteiger partial charge in [-0.3, -0.25) is 15.0 Å². The summed E-state index contributed by atoms with van der Waals surface area (Å²) in [6.45, 7) is 8.45. The molecule has 2 fully saturated rings. The minimum atomic E-state index is 0.325. The predicted molar refractivity (Wildman–Crippen MR) is 123 cm³/mol. The third-order valence-electron chi connectivity index (χ3n) is 6.08. The number of rotatable bonds is 8. The van der Waals surface area contributed by atoms with Crippen LogP contribution in [0.5, 0.6) is 0 Å². The smallest absolute Gasteiger partial charge is 0.247 e. The minimum absolute atomic E-state index is 0.325. The second-order valence-electron chi connectivity index (χ2n) is 8.16. The predicted octanol–water partition coefficient (Wildman–Crippen LogP) is 3.94. The molecule has 2 aromatic rings. The van der Waals surface area contributed by atoms with Gasteiger partial charge in [0.15, 0.2) is 0 Å².